The van der Waals surface area contributed by atoms with Gasteiger partial charge in [-0.05, 0) is 145 Å². The normalized spacial score (nSPS) is 26.0. The molecule has 314 valence electrons. The van der Waals surface area contributed by atoms with Crippen LogP contribution in [0.4, 0.5) is 5.69 Å². The number of nitrogens with zero attached hydrogens (tertiary/aromatic N) is 3. The van der Waals surface area contributed by atoms with Crippen molar-refractivity contribution in [3.8, 4) is 5.75 Å². The van der Waals surface area contributed by atoms with Crippen LogP contribution in [0.15, 0.2) is 121 Å². The van der Waals surface area contributed by atoms with Crippen LogP contribution in [0.2, 0.25) is 0 Å². The highest BCUT2D eigenvalue weighted by molar-refractivity contribution is 6.05. The van der Waals surface area contributed by atoms with Crippen molar-refractivity contribution in [3.63, 3.8) is 0 Å². The Balaban J connectivity index is 0.683. The highest BCUT2D eigenvalue weighted by Crippen LogP contribution is 2.50. The van der Waals surface area contributed by atoms with Crippen molar-refractivity contribution in [2.45, 2.75) is 76.0 Å². The van der Waals surface area contributed by atoms with Crippen LogP contribution in [0.1, 0.15) is 88.5 Å². The van der Waals surface area contributed by atoms with E-state index in [1.165, 1.54) is 35.1 Å². The SMILES string of the molecule is O=C1CCC(N2Cc3cc(N4CCN(CC[C@@H]5C[C@H]5COC5=CCC([C@@H]6c7ccc(OCc8ccccc8)cc7CC[C@@H]6c6ccccc6)C=C5)CC4)ccc3C2=O)C(=O)N1. The summed E-state index contributed by atoms with van der Waals surface area (Å²) in [6, 6.07) is 33.8. The third-order valence-electron chi connectivity index (χ3n) is 14.3. The van der Waals surface area contributed by atoms with Gasteiger partial charge >= 0.3 is 0 Å². The fraction of sp³-hybridized carbons (Fsp3) is 0.404. The Bertz CT molecular complexity index is 2320. The number of amides is 3. The molecule has 3 heterocycles. The second-order valence-corrected chi connectivity index (χ2v) is 18.0. The fourth-order valence-electron chi connectivity index (χ4n) is 10.7. The van der Waals surface area contributed by atoms with E-state index in [4.69, 9.17) is 9.47 Å². The van der Waals surface area contributed by atoms with Crippen molar-refractivity contribution < 1.29 is 23.9 Å². The van der Waals surface area contributed by atoms with Crippen LogP contribution >= 0.6 is 0 Å². The molecule has 61 heavy (non-hydrogen) atoms. The zero-order valence-corrected chi connectivity index (χ0v) is 34.9. The van der Waals surface area contributed by atoms with Gasteiger partial charge in [0.15, 0.2) is 0 Å². The molecule has 3 aliphatic heterocycles. The average Bonchev–Trinajstić information content (AvgIpc) is 3.99. The molecule has 3 aliphatic carbocycles. The lowest BCUT2D eigenvalue weighted by molar-refractivity contribution is -0.136. The first kappa shape index (κ1) is 39.5. The van der Waals surface area contributed by atoms with Gasteiger partial charge in [0.1, 0.15) is 24.2 Å². The number of allylic oxidation sites excluding steroid dienone is 3. The third kappa shape index (κ3) is 8.63. The molecule has 4 aromatic carbocycles. The average molecular weight is 817 g/mol. The number of piperidine rings is 1. The Kier molecular flexibility index (Phi) is 11.2. The van der Waals surface area contributed by atoms with Gasteiger partial charge in [-0.3, -0.25) is 24.6 Å². The number of imide groups is 1. The van der Waals surface area contributed by atoms with Crippen LogP contribution in [0.25, 0.3) is 0 Å². The van der Waals surface area contributed by atoms with E-state index in [2.05, 4.69) is 112 Å². The fourth-order valence-corrected chi connectivity index (χ4v) is 10.7. The highest BCUT2D eigenvalue weighted by Gasteiger charge is 2.41. The number of aryl methyl sites for hydroxylation is 1. The minimum absolute atomic E-state index is 0.121. The minimum Gasteiger partial charge on any atom is -0.494 e. The lowest BCUT2D eigenvalue weighted by Gasteiger charge is -2.39. The summed E-state index contributed by atoms with van der Waals surface area (Å²) in [4.78, 5) is 43.9. The largest absolute Gasteiger partial charge is 0.494 e. The smallest absolute Gasteiger partial charge is 0.255 e. The minimum atomic E-state index is -0.586. The first-order valence-corrected chi connectivity index (χ1v) is 22.5. The van der Waals surface area contributed by atoms with Gasteiger partial charge in [-0.2, -0.15) is 0 Å². The van der Waals surface area contributed by atoms with Crippen molar-refractivity contribution in [2.75, 3.05) is 44.2 Å². The Morgan fingerprint density at radius 1 is 0.770 bits per heavy atom. The molecule has 4 aromatic rings. The molecule has 9 nitrogen and oxygen atoms in total. The molecular formula is C52H56N4O5. The summed E-state index contributed by atoms with van der Waals surface area (Å²) >= 11 is 0. The molecule has 0 aromatic heterocycles. The molecule has 6 aliphatic rings. The number of anilines is 1. The van der Waals surface area contributed by atoms with E-state index in [9.17, 15) is 14.4 Å². The van der Waals surface area contributed by atoms with Crippen molar-refractivity contribution in [1.29, 1.82) is 0 Å². The molecule has 2 saturated heterocycles. The monoisotopic (exact) mass is 816 g/mol. The maximum Gasteiger partial charge on any atom is 0.255 e. The first-order valence-electron chi connectivity index (χ1n) is 22.5. The molecule has 1 N–H and O–H groups in total. The van der Waals surface area contributed by atoms with Gasteiger partial charge < -0.3 is 19.3 Å². The molecule has 2 unspecified atom stereocenters. The summed E-state index contributed by atoms with van der Waals surface area (Å²) in [5, 5.41) is 2.39. The number of ether oxygens (including phenoxy) is 2. The number of hydrogen-bond donors (Lipinski definition) is 1. The molecule has 0 spiro atoms. The van der Waals surface area contributed by atoms with Crippen molar-refractivity contribution >= 4 is 23.4 Å². The number of rotatable bonds is 13. The van der Waals surface area contributed by atoms with Crippen LogP contribution in [0, 0.1) is 17.8 Å². The summed E-state index contributed by atoms with van der Waals surface area (Å²) < 4.78 is 12.7. The van der Waals surface area contributed by atoms with E-state index in [-0.39, 0.29) is 24.1 Å². The summed E-state index contributed by atoms with van der Waals surface area (Å²) in [5.41, 5.74) is 8.25. The molecule has 10 rings (SSSR count). The van der Waals surface area contributed by atoms with E-state index in [1.807, 2.05) is 18.2 Å². The van der Waals surface area contributed by atoms with E-state index in [0.717, 1.165) is 87.3 Å². The summed E-state index contributed by atoms with van der Waals surface area (Å²) in [5.74, 6) is 3.85. The van der Waals surface area contributed by atoms with Crippen LogP contribution in [0.3, 0.4) is 0 Å². The van der Waals surface area contributed by atoms with Crippen molar-refractivity contribution in [3.05, 3.63) is 154 Å². The second kappa shape index (κ2) is 17.4. The van der Waals surface area contributed by atoms with Crippen LogP contribution in [-0.4, -0.2) is 72.9 Å². The molecule has 3 fully saturated rings. The maximum atomic E-state index is 13.2. The molecule has 0 radical (unpaired) electrons. The molecular weight excluding hydrogens is 761 g/mol. The third-order valence-corrected chi connectivity index (χ3v) is 14.3. The van der Waals surface area contributed by atoms with E-state index in [0.29, 0.717) is 48.8 Å². The van der Waals surface area contributed by atoms with Crippen LogP contribution < -0.4 is 15.0 Å². The topological polar surface area (TPSA) is 91.4 Å². The zero-order chi connectivity index (χ0) is 41.3. The van der Waals surface area contributed by atoms with Crippen LogP contribution in [-0.2, 0) is 33.9 Å². The molecule has 1 saturated carbocycles. The Morgan fingerprint density at radius 3 is 2.38 bits per heavy atom. The number of benzene rings is 4. The molecule has 0 bridgehead atoms. The lowest BCUT2D eigenvalue weighted by atomic mass is 9.65. The van der Waals surface area contributed by atoms with Gasteiger partial charge in [0.25, 0.3) is 5.91 Å². The Labute approximate surface area is 359 Å². The second-order valence-electron chi connectivity index (χ2n) is 18.0. The predicted octanol–water partition coefficient (Wildman–Crippen LogP) is 8.17. The molecule has 9 heteroatoms. The van der Waals surface area contributed by atoms with Gasteiger partial charge in [0.2, 0.25) is 11.8 Å². The number of carbonyl (C=O) groups is 3. The predicted molar refractivity (Wildman–Crippen MR) is 236 cm³/mol. The van der Waals surface area contributed by atoms with Gasteiger partial charge in [-0.25, -0.2) is 0 Å². The number of nitrogens with one attached hydrogen (secondary N) is 1. The van der Waals surface area contributed by atoms with E-state index >= 15 is 0 Å². The number of piperazine rings is 1. The van der Waals surface area contributed by atoms with Crippen molar-refractivity contribution in [1.82, 2.24) is 15.1 Å². The molecule has 6 atom stereocenters. The van der Waals surface area contributed by atoms with E-state index in [1.54, 1.807) is 4.90 Å². The summed E-state index contributed by atoms with van der Waals surface area (Å²) in [6.45, 7) is 6.84. The quantitative estimate of drug-likeness (QED) is 0.136. The van der Waals surface area contributed by atoms with Gasteiger partial charge in [-0.15, -0.1) is 0 Å². The van der Waals surface area contributed by atoms with E-state index < -0.39 is 6.04 Å². The number of fused-ring (bicyclic) bond motifs is 2. The Hall–Kier alpha value is -5.67. The van der Waals surface area contributed by atoms with Crippen LogP contribution in [0.5, 0.6) is 5.75 Å². The van der Waals surface area contributed by atoms with Crippen molar-refractivity contribution in [2.24, 2.45) is 17.8 Å². The maximum absolute atomic E-state index is 13.2. The standard InChI is InChI=1S/C52H56N4O5/c57-49-22-21-48(51(58)53-49)56-32-40-30-42(14-19-47(40)52(56)59)55-27-25-54(26-28-55)24-23-38-29-41(38)34-61-43-15-11-37(12-16-43)50-45(36-9-5-2-6-10-36)18-13-39-31-44(17-20-46(39)50)60-33-35-7-3-1-4-8-35/h1-11,14-17,19-20,30-31,37-38,41,45,48,50H,12-13,18,21-29,32-34H2,(H,53,57,58)/t37?,38-,41+,45-,48?,50+/m1/s1. The van der Waals surface area contributed by atoms with Gasteiger partial charge in [0, 0.05) is 50.4 Å². The highest BCUT2D eigenvalue weighted by atomic mass is 16.5. The lowest BCUT2D eigenvalue weighted by Crippen LogP contribution is -2.52. The number of hydrogen-bond acceptors (Lipinski definition) is 7. The number of carbonyl (C=O) groups excluding carboxylic acids is 3. The summed E-state index contributed by atoms with van der Waals surface area (Å²) in [7, 11) is 0. The van der Waals surface area contributed by atoms with Gasteiger partial charge in [0.05, 0.1) is 6.61 Å². The Morgan fingerprint density at radius 2 is 1.59 bits per heavy atom. The first-order chi connectivity index (χ1) is 29.9. The summed E-state index contributed by atoms with van der Waals surface area (Å²) in [6.07, 6.45) is 13.3. The zero-order valence-electron chi connectivity index (χ0n) is 34.9. The van der Waals surface area contributed by atoms with Gasteiger partial charge in [-0.1, -0.05) is 72.8 Å². The molecule has 3 amide bonds.